The SMILES string of the molecule is CCCOc1nc(C)nc(N(C)c2ccc3cc(-c4ccccc4)c(=O)oc3c2)n1.Cc1ccn(-c2ccc3cc(-c4ccccc4)c(=O)oc3c2)n1.Cc1nc(Nc2ccc3cc(C)c(=O)oc3c2)nc(-n2cccn2)n1.O=c1oc2cc(-c3ccco3)ccc2cc1-c1ccccc1.O=c1oc2cc(-c3cnccn3)ccc2cc1-c1ccccc1. The van der Waals surface area contributed by atoms with E-state index in [1.165, 1.54) is 0 Å². The molecule has 0 atom stereocenters. The molecule has 0 aliphatic carbocycles. The highest BCUT2D eigenvalue weighted by molar-refractivity contribution is 5.89. The van der Waals surface area contributed by atoms with Gasteiger partial charge in [-0.3, -0.25) is 9.97 Å². The first-order chi connectivity index (χ1) is 59.9. The Kier molecular flexibility index (Phi) is 23.7. The number of rotatable bonds is 15. The van der Waals surface area contributed by atoms with Gasteiger partial charge in [0.2, 0.25) is 11.9 Å². The number of nitrogens with one attached hydrogen (secondary N) is 1. The molecule has 26 heteroatoms. The predicted octanol–water partition coefficient (Wildman–Crippen LogP) is 19.6. The molecular weight excluding hydrogens is 1550 g/mol. The fraction of sp³-hybridized carbons (Fsp3) is 0.0825. The van der Waals surface area contributed by atoms with E-state index in [0.717, 1.165) is 95.3 Å². The van der Waals surface area contributed by atoms with Crippen LogP contribution in [0.25, 0.3) is 134 Å². The first-order valence-electron chi connectivity index (χ1n) is 39.0. The molecule has 0 radical (unpaired) electrons. The minimum atomic E-state index is -0.375. The van der Waals surface area contributed by atoms with Gasteiger partial charge in [0.05, 0.1) is 58.4 Å². The Morgan fingerprint density at radius 1 is 0.423 bits per heavy atom. The molecule has 0 aliphatic rings. The summed E-state index contributed by atoms with van der Waals surface area (Å²) in [4.78, 5) is 97.1. The Labute approximate surface area is 700 Å². The van der Waals surface area contributed by atoms with Gasteiger partial charge in [0, 0.05) is 111 Å². The Hall–Kier alpha value is -16.8. The van der Waals surface area contributed by atoms with Gasteiger partial charge in [-0.05, 0) is 159 Å². The number of ether oxygens (including phenoxy) is 1. The van der Waals surface area contributed by atoms with Crippen molar-refractivity contribution in [2.24, 2.45) is 0 Å². The van der Waals surface area contributed by atoms with Crippen LogP contribution in [-0.2, 0) is 0 Å². The lowest BCUT2D eigenvalue weighted by Gasteiger charge is -2.18. The van der Waals surface area contributed by atoms with Crippen molar-refractivity contribution in [2.45, 2.75) is 41.0 Å². The maximum absolute atomic E-state index is 12.5. The first kappa shape index (κ1) is 80.0. The van der Waals surface area contributed by atoms with Crippen molar-refractivity contribution in [3.63, 3.8) is 0 Å². The average molecular weight is 1630 g/mol. The maximum Gasteiger partial charge on any atom is 0.344 e. The molecule has 0 saturated carbocycles. The van der Waals surface area contributed by atoms with Crippen LogP contribution >= 0.6 is 0 Å². The molecule has 1 N–H and O–H groups in total. The van der Waals surface area contributed by atoms with Gasteiger partial charge in [0.15, 0.2) is 0 Å². The Morgan fingerprint density at radius 3 is 1.48 bits per heavy atom. The standard InChI is InChI=1S/C23H22N4O3.C19H14N2O2.C19H12N2O2.C19H12O3.C17H14N6O2/c1-4-12-29-23-25-15(2)24-22(26-23)27(3)18-11-10-17-13-19(16-8-6-5-7-9-16)21(28)30-20(17)14-18;1-13-9-10-21(20-13)16-8-7-15-11-17(14-5-3-2-4-6-14)19(22)23-18(15)12-16;22-19-16(13-4-2-1-3-5-13)10-15-7-6-14(11-18(15)23-19)17-12-20-8-9-21-17;20-19-16(13-5-2-1-3-6-13)11-14-8-9-15(12-18(14)22-19)17-7-4-10-21-17;1-10-8-12-4-5-13(9-14(12)25-15(10)24)21-16-19-11(2)20-17(22-16)23-7-3-6-18-23/h5-11,13-14H,4,12H2,1-3H3;2-12H,1H3;1-12H;1-12H;3-9H,1-2H3,(H,19,20,21,22). The third-order valence-electron chi connectivity index (χ3n) is 19.4. The van der Waals surface area contributed by atoms with Crippen molar-refractivity contribution < 1.29 is 31.2 Å². The van der Waals surface area contributed by atoms with Crippen LogP contribution in [0.5, 0.6) is 6.01 Å². The highest BCUT2D eigenvalue weighted by Crippen LogP contribution is 2.32. The van der Waals surface area contributed by atoms with Crippen LogP contribution in [0.15, 0.2) is 361 Å². The van der Waals surface area contributed by atoms with Crippen molar-refractivity contribution >= 4 is 78.1 Å². The normalized spacial score (nSPS) is 10.9. The summed E-state index contributed by atoms with van der Waals surface area (Å²) in [6.45, 7) is 9.79. The van der Waals surface area contributed by atoms with Crippen molar-refractivity contribution in [1.82, 2.24) is 59.4 Å². The van der Waals surface area contributed by atoms with Gasteiger partial charge in [0.25, 0.3) is 5.95 Å². The van der Waals surface area contributed by atoms with E-state index in [4.69, 9.17) is 31.2 Å². The second-order valence-corrected chi connectivity index (χ2v) is 28.1. The monoisotopic (exact) mass is 1630 g/mol. The summed E-state index contributed by atoms with van der Waals surface area (Å²) in [7, 11) is 1.84. The largest absolute Gasteiger partial charge is 0.464 e. The van der Waals surface area contributed by atoms with Gasteiger partial charge < -0.3 is 41.5 Å². The Bertz CT molecular complexity index is 7480. The number of nitrogens with zero attached hydrogens (tertiary/aromatic N) is 13. The zero-order chi connectivity index (χ0) is 84.9. The summed E-state index contributed by atoms with van der Waals surface area (Å²) in [5.74, 6) is 3.13. The molecule has 0 fully saturated rings. The molecule has 20 rings (SSSR count). The highest BCUT2D eigenvalue weighted by Gasteiger charge is 2.18. The summed E-state index contributed by atoms with van der Waals surface area (Å²) in [6.07, 6.45) is 12.7. The van der Waals surface area contributed by atoms with E-state index in [1.807, 2.05) is 270 Å². The highest BCUT2D eigenvalue weighted by atomic mass is 16.5. The zero-order valence-corrected chi connectivity index (χ0v) is 67.1. The Morgan fingerprint density at radius 2 is 0.943 bits per heavy atom. The van der Waals surface area contributed by atoms with Gasteiger partial charge in [0.1, 0.15) is 45.3 Å². The van der Waals surface area contributed by atoms with Gasteiger partial charge in [-0.25, -0.2) is 33.3 Å². The molecule has 0 amide bonds. The minimum absolute atomic E-state index is 0.297. The average Bonchev–Trinajstić information content (AvgIpc) is 1.18. The molecule has 0 saturated heterocycles. The molecule has 26 nitrogen and oxygen atoms in total. The topological polar surface area (TPSA) is 327 Å². The van der Waals surface area contributed by atoms with Crippen molar-refractivity contribution in [2.75, 3.05) is 23.9 Å². The third-order valence-corrected chi connectivity index (χ3v) is 19.4. The van der Waals surface area contributed by atoms with Crippen LogP contribution in [0.4, 0.5) is 23.3 Å². The molecular formula is C97H74N14O12. The Balaban J connectivity index is 0.000000114. The molecule has 0 unspecified atom stereocenters. The van der Waals surface area contributed by atoms with Gasteiger partial charge in [-0.15, -0.1) is 0 Å². The van der Waals surface area contributed by atoms with Crippen molar-refractivity contribution in [3.05, 3.63) is 385 Å². The maximum atomic E-state index is 12.5. The lowest BCUT2D eigenvalue weighted by Crippen LogP contribution is -2.15. The van der Waals surface area contributed by atoms with Gasteiger partial charge in [-0.2, -0.15) is 40.1 Å². The fourth-order valence-corrected chi connectivity index (χ4v) is 13.2. The van der Waals surface area contributed by atoms with Crippen LogP contribution in [0.3, 0.4) is 0 Å². The molecule has 604 valence electrons. The van der Waals surface area contributed by atoms with E-state index in [2.05, 4.69) is 55.4 Å². The van der Waals surface area contributed by atoms with Crippen LogP contribution in [-0.4, -0.2) is 73.1 Å². The number of anilines is 4. The number of furan rings is 1. The van der Waals surface area contributed by atoms with Crippen LogP contribution in [0.1, 0.15) is 36.3 Å². The predicted molar refractivity (Wildman–Crippen MR) is 473 cm³/mol. The number of aromatic nitrogens is 12. The van der Waals surface area contributed by atoms with Crippen LogP contribution < -0.4 is 43.1 Å². The zero-order valence-electron chi connectivity index (χ0n) is 67.1. The number of hydrogen-bond donors (Lipinski definition) is 1. The molecule has 123 heavy (non-hydrogen) atoms. The summed E-state index contributed by atoms with van der Waals surface area (Å²) in [5.41, 5.74) is 12.9. The number of hydrogen-bond acceptors (Lipinski definition) is 24. The summed E-state index contributed by atoms with van der Waals surface area (Å²) >= 11 is 0. The molecule has 0 bridgehead atoms. The van der Waals surface area contributed by atoms with Gasteiger partial charge in [-0.1, -0.05) is 153 Å². The third kappa shape index (κ3) is 19.0. The van der Waals surface area contributed by atoms with E-state index in [1.54, 1.807) is 96.5 Å². The summed E-state index contributed by atoms with van der Waals surface area (Å²) in [6, 6.07) is 83.3. The molecule has 20 aromatic rings. The second kappa shape index (κ2) is 36.4. The van der Waals surface area contributed by atoms with E-state index >= 15 is 0 Å². The molecule has 9 aromatic carbocycles. The van der Waals surface area contributed by atoms with Crippen molar-refractivity contribution in [1.29, 1.82) is 0 Å². The quantitative estimate of drug-likeness (QED) is 0.0932. The lowest BCUT2D eigenvalue weighted by molar-refractivity contribution is 0.290. The van der Waals surface area contributed by atoms with Crippen molar-refractivity contribution in [3.8, 4) is 84.7 Å². The minimum Gasteiger partial charge on any atom is -0.464 e. The smallest absolute Gasteiger partial charge is 0.344 e. The van der Waals surface area contributed by atoms with Gasteiger partial charge >= 0.3 is 34.1 Å². The molecule has 0 aliphatic heterocycles. The summed E-state index contributed by atoms with van der Waals surface area (Å²) in [5, 5.41) is 15.9. The van der Waals surface area contributed by atoms with E-state index in [-0.39, 0.29) is 28.1 Å². The number of benzene rings is 9. The van der Waals surface area contributed by atoms with E-state index < -0.39 is 0 Å². The molecule has 11 heterocycles. The van der Waals surface area contributed by atoms with Crippen LogP contribution in [0.2, 0.25) is 0 Å². The van der Waals surface area contributed by atoms with Crippen LogP contribution in [0, 0.1) is 27.7 Å². The molecule has 11 aromatic heterocycles. The fourth-order valence-electron chi connectivity index (χ4n) is 13.2. The van der Waals surface area contributed by atoms with E-state index in [9.17, 15) is 24.0 Å². The number of fused-ring (bicyclic) bond motifs is 5. The summed E-state index contributed by atoms with van der Waals surface area (Å²) < 4.78 is 41.7. The first-order valence-corrected chi connectivity index (χ1v) is 39.0. The number of aryl methyl sites for hydroxylation is 4. The molecule has 0 spiro atoms. The lowest BCUT2D eigenvalue weighted by atomic mass is 10.0. The van der Waals surface area contributed by atoms with E-state index in [0.29, 0.717) is 104 Å². The second-order valence-electron chi connectivity index (χ2n) is 28.1.